The molecule has 0 unspecified atom stereocenters. The third-order valence-electron chi connectivity index (χ3n) is 2.77. The van der Waals surface area contributed by atoms with Gasteiger partial charge in [0.2, 0.25) is 9.84 Å². The Bertz CT molecular complexity index is 738. The van der Waals surface area contributed by atoms with Crippen molar-refractivity contribution in [2.45, 2.75) is 9.79 Å². The van der Waals surface area contributed by atoms with Crippen LogP contribution in [0.15, 0.2) is 50.7 Å². The summed E-state index contributed by atoms with van der Waals surface area (Å²) in [5.41, 5.74) is 0.967. The number of sulfone groups is 1. The van der Waals surface area contributed by atoms with Gasteiger partial charge in [0.25, 0.3) is 0 Å². The molecule has 2 aromatic rings. The number of fused-ring (bicyclic) bond motifs is 3. The molecule has 1 heterocycles. The molecule has 5 heteroatoms. The van der Waals surface area contributed by atoms with Crippen molar-refractivity contribution in [3.63, 3.8) is 0 Å². The van der Waals surface area contributed by atoms with Crippen molar-refractivity contribution in [1.82, 2.24) is 0 Å². The molecule has 0 amide bonds. The van der Waals surface area contributed by atoms with Crippen molar-refractivity contribution in [2.75, 3.05) is 0 Å². The van der Waals surface area contributed by atoms with Crippen molar-refractivity contribution in [2.24, 2.45) is 0 Å². The summed E-state index contributed by atoms with van der Waals surface area (Å²) < 4.78 is 38.7. The number of benzene rings is 2. The maximum absolute atomic E-state index is 13.7. The molecule has 0 saturated heterocycles. The Morgan fingerprint density at radius 2 is 1.76 bits per heavy atom. The van der Waals surface area contributed by atoms with Crippen LogP contribution in [0.25, 0.3) is 11.1 Å². The van der Waals surface area contributed by atoms with E-state index in [2.05, 4.69) is 15.9 Å². The summed E-state index contributed by atoms with van der Waals surface area (Å²) in [4.78, 5) is -0.0612. The average molecular weight is 313 g/mol. The molecule has 1 aliphatic rings. The SMILES string of the molecule is O=S1(=O)c2ccccc2-c2c(Br)ccc(F)c21. The lowest BCUT2D eigenvalue weighted by Gasteiger charge is -2.02. The summed E-state index contributed by atoms with van der Waals surface area (Å²) >= 11 is 3.27. The Balaban J connectivity index is 2.58. The zero-order valence-corrected chi connectivity index (χ0v) is 10.8. The molecule has 0 radical (unpaired) electrons. The predicted molar refractivity (Wildman–Crippen MR) is 65.0 cm³/mol. The highest BCUT2D eigenvalue weighted by molar-refractivity contribution is 9.10. The topological polar surface area (TPSA) is 34.1 Å². The maximum Gasteiger partial charge on any atom is 0.210 e. The molecular formula is C12H6BrFO2S. The first-order chi connectivity index (χ1) is 8.03. The van der Waals surface area contributed by atoms with E-state index < -0.39 is 15.7 Å². The van der Waals surface area contributed by atoms with E-state index in [1.54, 1.807) is 18.2 Å². The van der Waals surface area contributed by atoms with E-state index in [0.717, 1.165) is 6.07 Å². The quantitative estimate of drug-likeness (QED) is 0.637. The third kappa shape index (κ3) is 1.32. The highest BCUT2D eigenvalue weighted by atomic mass is 79.9. The molecule has 2 aromatic carbocycles. The van der Waals surface area contributed by atoms with Gasteiger partial charge >= 0.3 is 0 Å². The van der Waals surface area contributed by atoms with Gasteiger partial charge in [0.1, 0.15) is 10.7 Å². The summed E-state index contributed by atoms with van der Waals surface area (Å²) in [7, 11) is -3.72. The van der Waals surface area contributed by atoms with Crippen LogP contribution in [0.3, 0.4) is 0 Å². The van der Waals surface area contributed by atoms with Crippen molar-refractivity contribution >= 4 is 25.8 Å². The molecule has 17 heavy (non-hydrogen) atoms. The Morgan fingerprint density at radius 3 is 2.53 bits per heavy atom. The lowest BCUT2D eigenvalue weighted by molar-refractivity contribution is 0.571. The average Bonchev–Trinajstić information content (AvgIpc) is 2.55. The second kappa shape index (κ2) is 3.40. The molecule has 2 nitrogen and oxygen atoms in total. The van der Waals surface area contributed by atoms with E-state index in [-0.39, 0.29) is 9.79 Å². The fraction of sp³-hybridized carbons (Fsp3) is 0. The normalized spacial score (nSPS) is 15.4. The second-order valence-electron chi connectivity index (χ2n) is 3.73. The molecule has 0 atom stereocenters. The van der Waals surface area contributed by atoms with Gasteiger partial charge in [-0.05, 0) is 18.2 Å². The lowest BCUT2D eigenvalue weighted by atomic mass is 10.1. The number of rotatable bonds is 0. The van der Waals surface area contributed by atoms with Gasteiger partial charge in [-0.2, -0.15) is 0 Å². The Kier molecular flexibility index (Phi) is 2.18. The molecule has 0 aliphatic carbocycles. The first-order valence-corrected chi connectivity index (χ1v) is 7.13. The minimum absolute atomic E-state index is 0.167. The largest absolute Gasteiger partial charge is 0.218 e. The van der Waals surface area contributed by atoms with Crippen LogP contribution in [0.5, 0.6) is 0 Å². The van der Waals surface area contributed by atoms with Crippen molar-refractivity contribution in [3.8, 4) is 11.1 Å². The van der Waals surface area contributed by atoms with Crippen molar-refractivity contribution in [1.29, 1.82) is 0 Å². The molecule has 0 N–H and O–H groups in total. The minimum Gasteiger partial charge on any atom is -0.218 e. The van der Waals surface area contributed by atoms with Crippen LogP contribution in [0.1, 0.15) is 0 Å². The second-order valence-corrected chi connectivity index (χ2v) is 6.44. The molecular weight excluding hydrogens is 307 g/mol. The van der Waals surface area contributed by atoms with E-state index in [1.807, 2.05) is 0 Å². The highest BCUT2D eigenvalue weighted by Crippen LogP contribution is 2.47. The number of halogens is 2. The number of hydrogen-bond donors (Lipinski definition) is 0. The molecule has 0 aromatic heterocycles. The molecule has 86 valence electrons. The Hall–Kier alpha value is -1.20. The smallest absolute Gasteiger partial charge is 0.210 e. The molecule has 0 bridgehead atoms. The molecule has 0 saturated carbocycles. The zero-order chi connectivity index (χ0) is 12.2. The predicted octanol–water partition coefficient (Wildman–Crippen LogP) is 3.40. The standard InChI is InChI=1S/C12H6BrFO2S/c13-8-5-6-9(14)12-11(8)7-3-1-2-4-10(7)17(12,15)16/h1-6H. The maximum atomic E-state index is 13.7. The van der Waals surface area contributed by atoms with Gasteiger partial charge in [-0.25, -0.2) is 12.8 Å². The molecule has 0 fully saturated rings. The van der Waals surface area contributed by atoms with E-state index in [9.17, 15) is 12.8 Å². The fourth-order valence-corrected chi connectivity index (χ4v) is 4.49. The fourth-order valence-electron chi connectivity index (χ4n) is 2.06. The van der Waals surface area contributed by atoms with Gasteiger partial charge in [0.15, 0.2) is 0 Å². The summed E-state index contributed by atoms with van der Waals surface area (Å²) in [6.07, 6.45) is 0. The van der Waals surface area contributed by atoms with Crippen LogP contribution in [0.4, 0.5) is 4.39 Å². The van der Waals surface area contributed by atoms with Gasteiger partial charge < -0.3 is 0 Å². The number of hydrogen-bond acceptors (Lipinski definition) is 2. The monoisotopic (exact) mass is 312 g/mol. The van der Waals surface area contributed by atoms with Crippen molar-refractivity contribution < 1.29 is 12.8 Å². The lowest BCUT2D eigenvalue weighted by Crippen LogP contribution is -1.99. The summed E-state index contributed by atoms with van der Waals surface area (Å²) in [6.45, 7) is 0. The van der Waals surface area contributed by atoms with Crippen LogP contribution >= 0.6 is 15.9 Å². The van der Waals surface area contributed by atoms with Gasteiger partial charge in [-0.1, -0.05) is 34.1 Å². The van der Waals surface area contributed by atoms with Gasteiger partial charge in [-0.3, -0.25) is 0 Å². The van der Waals surface area contributed by atoms with E-state index in [4.69, 9.17) is 0 Å². The molecule has 3 rings (SSSR count). The third-order valence-corrected chi connectivity index (χ3v) is 5.31. The van der Waals surface area contributed by atoms with Crippen LogP contribution in [-0.2, 0) is 9.84 Å². The summed E-state index contributed by atoms with van der Waals surface area (Å²) in [5, 5.41) is 0. The summed E-state index contributed by atoms with van der Waals surface area (Å²) in [6, 6.07) is 9.23. The van der Waals surface area contributed by atoms with Crippen LogP contribution in [0.2, 0.25) is 0 Å². The summed E-state index contributed by atoms with van der Waals surface area (Å²) in [5.74, 6) is -0.709. The van der Waals surface area contributed by atoms with Crippen LogP contribution < -0.4 is 0 Å². The van der Waals surface area contributed by atoms with E-state index in [1.165, 1.54) is 12.1 Å². The van der Waals surface area contributed by atoms with Crippen molar-refractivity contribution in [3.05, 3.63) is 46.7 Å². The minimum atomic E-state index is -3.72. The van der Waals surface area contributed by atoms with Gasteiger partial charge in [0.05, 0.1) is 4.90 Å². The molecule has 1 aliphatic heterocycles. The van der Waals surface area contributed by atoms with E-state index in [0.29, 0.717) is 15.6 Å². The first-order valence-electron chi connectivity index (χ1n) is 4.86. The Morgan fingerprint density at radius 1 is 1.06 bits per heavy atom. The van der Waals surface area contributed by atoms with Crippen LogP contribution in [-0.4, -0.2) is 8.42 Å². The van der Waals surface area contributed by atoms with Crippen LogP contribution in [0, 0.1) is 5.82 Å². The first kappa shape index (κ1) is 10.9. The highest BCUT2D eigenvalue weighted by Gasteiger charge is 2.36. The van der Waals surface area contributed by atoms with E-state index >= 15 is 0 Å². The molecule has 0 spiro atoms. The Labute approximate surface area is 106 Å². The van der Waals surface area contributed by atoms with Gasteiger partial charge in [-0.15, -0.1) is 0 Å². The zero-order valence-electron chi connectivity index (χ0n) is 8.44. The van der Waals surface area contributed by atoms with Gasteiger partial charge in [0, 0.05) is 15.6 Å².